The molecule has 3 heteroatoms. The van der Waals surface area contributed by atoms with Crippen molar-refractivity contribution in [1.82, 2.24) is 5.32 Å². The molecule has 0 amide bonds. The first-order valence-electron chi connectivity index (χ1n) is 5.23. The Morgan fingerprint density at radius 1 is 1.33 bits per heavy atom. The Kier molecular flexibility index (Phi) is 5.72. The minimum Gasteiger partial charge on any atom is -0.313 e. The van der Waals surface area contributed by atoms with Crippen molar-refractivity contribution in [2.45, 2.75) is 37.0 Å². The van der Waals surface area contributed by atoms with E-state index in [0.29, 0.717) is 11.3 Å². The fraction of sp³-hybridized carbons (Fsp3) is 0.500. The monoisotopic (exact) mass is 287 g/mol. The zero-order valence-corrected chi connectivity index (χ0v) is 11.9. The summed E-state index contributed by atoms with van der Waals surface area (Å²) < 4.78 is 1.15. The fourth-order valence-electron chi connectivity index (χ4n) is 1.22. The molecule has 0 saturated carbocycles. The first-order valence-corrected chi connectivity index (χ1v) is 6.91. The molecule has 1 aromatic rings. The van der Waals surface area contributed by atoms with Crippen molar-refractivity contribution in [1.29, 1.82) is 0 Å². The van der Waals surface area contributed by atoms with Crippen molar-refractivity contribution >= 4 is 27.7 Å². The summed E-state index contributed by atoms with van der Waals surface area (Å²) in [5, 5.41) is 4.05. The number of rotatable bonds is 5. The number of halogens is 1. The molecule has 0 aromatic heterocycles. The molecule has 0 heterocycles. The van der Waals surface area contributed by atoms with Crippen LogP contribution < -0.4 is 5.32 Å². The third-order valence-corrected chi connectivity index (χ3v) is 3.54. The lowest BCUT2D eigenvalue weighted by Gasteiger charge is -2.14. The Bertz CT molecular complexity index is 301. The molecule has 0 fully saturated rings. The summed E-state index contributed by atoms with van der Waals surface area (Å²) in [7, 11) is 0. The second kappa shape index (κ2) is 6.56. The number of nitrogens with one attached hydrogen (secondary N) is 1. The van der Waals surface area contributed by atoms with E-state index in [2.05, 4.69) is 66.3 Å². The van der Waals surface area contributed by atoms with Gasteiger partial charge in [-0.25, -0.2) is 0 Å². The highest BCUT2D eigenvalue weighted by atomic mass is 79.9. The highest BCUT2D eigenvalue weighted by Crippen LogP contribution is 2.25. The van der Waals surface area contributed by atoms with Crippen LogP contribution in [0.4, 0.5) is 0 Å². The molecule has 0 radical (unpaired) electrons. The summed E-state index contributed by atoms with van der Waals surface area (Å²) in [5.74, 6) is 0. The third kappa shape index (κ3) is 5.59. The molecule has 1 rings (SSSR count). The Morgan fingerprint density at radius 2 is 2.07 bits per heavy atom. The maximum Gasteiger partial charge on any atom is 0.0191 e. The molecule has 84 valence electrons. The number of hydrogen-bond acceptors (Lipinski definition) is 2. The SMILES string of the molecule is CC(C)NCC(C)Sc1cccc(Br)c1. The van der Waals surface area contributed by atoms with Gasteiger partial charge < -0.3 is 5.32 Å². The van der Waals surface area contributed by atoms with Crippen molar-refractivity contribution in [3.8, 4) is 0 Å². The van der Waals surface area contributed by atoms with Crippen molar-refractivity contribution in [3.63, 3.8) is 0 Å². The molecule has 0 aliphatic heterocycles. The van der Waals surface area contributed by atoms with E-state index in [-0.39, 0.29) is 0 Å². The minimum atomic E-state index is 0.565. The Balaban J connectivity index is 2.40. The number of thioether (sulfide) groups is 1. The molecule has 1 N–H and O–H groups in total. The van der Waals surface area contributed by atoms with Crippen molar-refractivity contribution in [2.24, 2.45) is 0 Å². The highest BCUT2D eigenvalue weighted by Gasteiger charge is 2.05. The fourth-order valence-corrected chi connectivity index (χ4v) is 2.76. The van der Waals surface area contributed by atoms with Gasteiger partial charge in [0.1, 0.15) is 0 Å². The smallest absolute Gasteiger partial charge is 0.0191 e. The lowest BCUT2D eigenvalue weighted by molar-refractivity contribution is 0.589. The molecular weight excluding hydrogens is 270 g/mol. The van der Waals surface area contributed by atoms with Gasteiger partial charge in [0.05, 0.1) is 0 Å². The zero-order chi connectivity index (χ0) is 11.3. The van der Waals surface area contributed by atoms with Gasteiger partial charge in [0.2, 0.25) is 0 Å². The largest absolute Gasteiger partial charge is 0.313 e. The van der Waals surface area contributed by atoms with Crippen LogP contribution in [0.5, 0.6) is 0 Å². The lowest BCUT2D eigenvalue weighted by atomic mass is 10.3. The second-order valence-electron chi connectivity index (χ2n) is 3.95. The number of benzene rings is 1. The quantitative estimate of drug-likeness (QED) is 0.824. The molecule has 1 nitrogen and oxygen atoms in total. The van der Waals surface area contributed by atoms with Crippen LogP contribution in [0.3, 0.4) is 0 Å². The highest BCUT2D eigenvalue weighted by molar-refractivity contribution is 9.10. The van der Waals surface area contributed by atoms with Crippen molar-refractivity contribution in [3.05, 3.63) is 28.7 Å². The summed E-state index contributed by atoms with van der Waals surface area (Å²) in [6.45, 7) is 7.66. The normalized spacial score (nSPS) is 13.1. The summed E-state index contributed by atoms with van der Waals surface area (Å²) in [6, 6.07) is 9.02. The van der Waals surface area contributed by atoms with Crippen LogP contribution in [-0.2, 0) is 0 Å². The second-order valence-corrected chi connectivity index (χ2v) is 6.38. The van der Waals surface area contributed by atoms with Gasteiger partial charge in [-0.15, -0.1) is 11.8 Å². The van der Waals surface area contributed by atoms with Gasteiger partial charge in [0, 0.05) is 27.2 Å². The van der Waals surface area contributed by atoms with Gasteiger partial charge in [-0.2, -0.15) is 0 Å². The van der Waals surface area contributed by atoms with Crippen LogP contribution in [0.1, 0.15) is 20.8 Å². The van der Waals surface area contributed by atoms with Crippen molar-refractivity contribution < 1.29 is 0 Å². The Morgan fingerprint density at radius 3 is 2.67 bits per heavy atom. The van der Waals surface area contributed by atoms with E-state index in [1.54, 1.807) is 0 Å². The average Bonchev–Trinajstić information content (AvgIpc) is 2.15. The Hall–Kier alpha value is 0.01000. The summed E-state index contributed by atoms with van der Waals surface area (Å²) in [6.07, 6.45) is 0. The standard InChI is InChI=1S/C12H18BrNS/c1-9(2)14-8-10(3)15-12-6-4-5-11(13)7-12/h4-7,9-10,14H,8H2,1-3H3. The van der Waals surface area contributed by atoms with Gasteiger partial charge in [0.25, 0.3) is 0 Å². The molecule has 1 aromatic carbocycles. The van der Waals surface area contributed by atoms with E-state index in [0.717, 1.165) is 11.0 Å². The molecule has 0 aliphatic carbocycles. The van der Waals surface area contributed by atoms with E-state index >= 15 is 0 Å². The maximum atomic E-state index is 3.49. The van der Waals surface area contributed by atoms with E-state index in [1.807, 2.05) is 11.8 Å². The van der Waals surface area contributed by atoms with Crippen LogP contribution in [0, 0.1) is 0 Å². The molecule has 1 atom stereocenters. The molecule has 0 spiro atoms. The summed E-state index contributed by atoms with van der Waals surface area (Å²) >= 11 is 5.39. The average molecular weight is 288 g/mol. The van der Waals surface area contributed by atoms with E-state index in [9.17, 15) is 0 Å². The molecule has 0 aliphatic rings. The van der Waals surface area contributed by atoms with E-state index in [1.165, 1.54) is 4.90 Å². The topological polar surface area (TPSA) is 12.0 Å². The van der Waals surface area contributed by atoms with Gasteiger partial charge in [-0.05, 0) is 18.2 Å². The number of hydrogen-bond donors (Lipinski definition) is 1. The first-order chi connectivity index (χ1) is 7.08. The van der Waals surface area contributed by atoms with Crippen LogP contribution in [0.25, 0.3) is 0 Å². The van der Waals surface area contributed by atoms with Crippen LogP contribution in [-0.4, -0.2) is 17.8 Å². The Labute approximate surface area is 105 Å². The first kappa shape index (κ1) is 13.1. The predicted octanol–water partition coefficient (Wildman–Crippen LogP) is 3.93. The van der Waals surface area contributed by atoms with Crippen LogP contribution >= 0.6 is 27.7 Å². The molecule has 0 saturated heterocycles. The zero-order valence-electron chi connectivity index (χ0n) is 9.46. The van der Waals surface area contributed by atoms with Crippen LogP contribution in [0.2, 0.25) is 0 Å². The van der Waals surface area contributed by atoms with Crippen LogP contribution in [0.15, 0.2) is 33.6 Å². The molecule has 0 bridgehead atoms. The third-order valence-electron chi connectivity index (χ3n) is 1.95. The van der Waals surface area contributed by atoms with Gasteiger partial charge >= 0.3 is 0 Å². The van der Waals surface area contributed by atoms with E-state index < -0.39 is 0 Å². The molecular formula is C12H18BrNS. The molecule has 1 unspecified atom stereocenters. The maximum absolute atomic E-state index is 3.49. The predicted molar refractivity (Wildman–Crippen MR) is 72.6 cm³/mol. The van der Waals surface area contributed by atoms with Gasteiger partial charge in [-0.1, -0.05) is 42.8 Å². The summed E-state index contributed by atoms with van der Waals surface area (Å²) in [5.41, 5.74) is 0. The van der Waals surface area contributed by atoms with Crippen molar-refractivity contribution in [2.75, 3.05) is 6.54 Å². The lowest BCUT2D eigenvalue weighted by Crippen LogP contribution is -2.28. The van der Waals surface area contributed by atoms with E-state index in [4.69, 9.17) is 0 Å². The molecule has 15 heavy (non-hydrogen) atoms. The summed E-state index contributed by atoms with van der Waals surface area (Å²) in [4.78, 5) is 1.32. The minimum absolute atomic E-state index is 0.565. The van der Waals surface area contributed by atoms with Gasteiger partial charge in [-0.3, -0.25) is 0 Å². The van der Waals surface area contributed by atoms with Gasteiger partial charge in [0.15, 0.2) is 0 Å².